The van der Waals surface area contributed by atoms with E-state index in [9.17, 15) is 14.9 Å². The molecule has 6 aromatic rings. The molecule has 0 N–H and O–H groups in total. The van der Waals surface area contributed by atoms with E-state index in [1.807, 2.05) is 67.1 Å². The van der Waals surface area contributed by atoms with E-state index in [1.165, 1.54) is 10.1 Å². The fourth-order valence-corrected chi connectivity index (χ4v) is 6.59. The summed E-state index contributed by atoms with van der Waals surface area (Å²) in [6.07, 6.45) is 2.27. The predicted octanol–water partition coefficient (Wildman–Crippen LogP) is 7.14. The number of ketones is 2. The summed E-state index contributed by atoms with van der Waals surface area (Å²) in [5, 5.41) is 10.7. The van der Waals surface area contributed by atoms with Crippen LogP contribution in [0.2, 0.25) is 0 Å². The van der Waals surface area contributed by atoms with E-state index in [2.05, 4.69) is 28.8 Å². The van der Waals surface area contributed by atoms with E-state index in [1.54, 1.807) is 29.5 Å². The van der Waals surface area contributed by atoms with Crippen LogP contribution in [0.25, 0.3) is 43.7 Å². The summed E-state index contributed by atoms with van der Waals surface area (Å²) in [6, 6.07) is 27.6. The van der Waals surface area contributed by atoms with Gasteiger partial charge in [0.1, 0.15) is 0 Å². The molecule has 0 spiro atoms. The molecule has 6 nitrogen and oxygen atoms in total. The monoisotopic (exact) mass is 538 g/mol. The van der Waals surface area contributed by atoms with Gasteiger partial charge in [-0.15, -0.1) is 11.3 Å². The molecule has 3 aromatic heterocycles. The summed E-state index contributed by atoms with van der Waals surface area (Å²) in [7, 11) is 1.98. The molecule has 7 rings (SSSR count). The van der Waals surface area contributed by atoms with Gasteiger partial charge in [0.05, 0.1) is 33.3 Å². The number of imidazole rings is 1. The number of para-hydroxylation sites is 1. The number of nitrogens with zero attached hydrogens (tertiary/aromatic N) is 4. The number of allylic oxidation sites excluding steroid dienone is 1. The Balaban J connectivity index is 1.41. The number of hydrogen-bond donors (Lipinski definition) is 0. The third-order valence-electron chi connectivity index (χ3n) is 7.55. The van der Waals surface area contributed by atoms with E-state index in [-0.39, 0.29) is 22.7 Å². The van der Waals surface area contributed by atoms with Crippen LogP contribution in [0.4, 0.5) is 0 Å². The number of rotatable bonds is 4. The fourth-order valence-electron chi connectivity index (χ4n) is 5.51. The summed E-state index contributed by atoms with van der Waals surface area (Å²) in [4.78, 5) is 33.1. The van der Waals surface area contributed by atoms with Gasteiger partial charge >= 0.3 is 0 Å². The normalized spacial score (nSPS) is 14.0. The molecule has 0 fully saturated rings. The van der Waals surface area contributed by atoms with Crippen LogP contribution in [0.3, 0.4) is 0 Å². The lowest BCUT2D eigenvalue weighted by Crippen LogP contribution is -2.03. The molecule has 0 saturated heterocycles. The number of benzene rings is 3. The van der Waals surface area contributed by atoms with Gasteiger partial charge in [-0.3, -0.25) is 14.2 Å². The molecule has 0 aliphatic heterocycles. The maximum absolute atomic E-state index is 13.5. The SMILES string of the molecule is CCc1cc2c(cc1C#N)C(=O)/C(=C\c1cc3c(nc(-c4cc5ccccc5s4)n3C)n1-c1ccccc1)C2=O. The molecule has 0 saturated carbocycles. The summed E-state index contributed by atoms with van der Waals surface area (Å²) in [6.45, 7) is 1.93. The highest BCUT2D eigenvalue weighted by Gasteiger charge is 2.34. The number of carbonyl (C=O) groups excluding carboxylic acids is 2. The molecule has 1 aliphatic carbocycles. The Bertz CT molecular complexity index is 2070. The van der Waals surface area contributed by atoms with Crippen molar-refractivity contribution >= 4 is 50.2 Å². The first-order chi connectivity index (χ1) is 19.5. The van der Waals surface area contributed by atoms with Crippen molar-refractivity contribution < 1.29 is 9.59 Å². The van der Waals surface area contributed by atoms with Crippen LogP contribution in [-0.4, -0.2) is 25.7 Å². The van der Waals surface area contributed by atoms with Crippen molar-refractivity contribution in [1.82, 2.24) is 14.1 Å². The summed E-state index contributed by atoms with van der Waals surface area (Å²) in [5.74, 6) is 0.178. The zero-order valence-corrected chi connectivity index (χ0v) is 22.6. The number of Topliss-reactive ketones (excluding diaryl/α,β-unsaturated/α-hetero) is 2. The second-order valence-corrected chi connectivity index (χ2v) is 10.9. The molecular formula is C33H22N4O2S. The molecule has 3 heterocycles. The Morgan fingerprint density at radius 2 is 1.68 bits per heavy atom. The van der Waals surface area contributed by atoms with Crippen molar-refractivity contribution in [1.29, 1.82) is 5.26 Å². The minimum atomic E-state index is -0.358. The van der Waals surface area contributed by atoms with Gasteiger partial charge in [0, 0.05) is 28.6 Å². The third kappa shape index (κ3) is 3.50. The van der Waals surface area contributed by atoms with Gasteiger partial charge in [0.25, 0.3) is 0 Å². The van der Waals surface area contributed by atoms with E-state index >= 15 is 0 Å². The van der Waals surface area contributed by atoms with Gasteiger partial charge in [-0.1, -0.05) is 43.3 Å². The van der Waals surface area contributed by atoms with Crippen LogP contribution in [0.5, 0.6) is 0 Å². The molecule has 0 unspecified atom stereocenters. The zero-order chi connectivity index (χ0) is 27.5. The van der Waals surface area contributed by atoms with Gasteiger partial charge < -0.3 is 4.57 Å². The Labute approximate surface area is 234 Å². The highest BCUT2D eigenvalue weighted by Crippen LogP contribution is 2.37. The summed E-state index contributed by atoms with van der Waals surface area (Å²) >= 11 is 1.70. The van der Waals surface area contributed by atoms with Crippen LogP contribution in [0, 0.1) is 11.3 Å². The van der Waals surface area contributed by atoms with Crippen LogP contribution in [-0.2, 0) is 13.5 Å². The maximum atomic E-state index is 13.5. The second-order valence-electron chi connectivity index (χ2n) is 9.83. The van der Waals surface area contributed by atoms with Crippen molar-refractivity contribution in [3.05, 3.63) is 112 Å². The van der Waals surface area contributed by atoms with Crippen LogP contribution in [0.1, 0.15) is 44.5 Å². The zero-order valence-electron chi connectivity index (χ0n) is 21.8. The van der Waals surface area contributed by atoms with E-state index in [0.717, 1.165) is 33.1 Å². The highest BCUT2D eigenvalue weighted by molar-refractivity contribution is 7.22. The minimum Gasteiger partial charge on any atom is -0.325 e. The number of aryl methyl sites for hydroxylation is 2. The van der Waals surface area contributed by atoms with Gasteiger partial charge in [-0.05, 0) is 65.9 Å². The lowest BCUT2D eigenvalue weighted by Gasteiger charge is -2.07. The quantitative estimate of drug-likeness (QED) is 0.176. The summed E-state index contributed by atoms with van der Waals surface area (Å²) < 4.78 is 5.24. The molecular weight excluding hydrogens is 516 g/mol. The van der Waals surface area contributed by atoms with Gasteiger partial charge in [-0.2, -0.15) is 5.26 Å². The Kier molecular flexibility index (Phi) is 5.41. The Hall–Kier alpha value is -5.06. The number of carbonyl (C=O) groups is 2. The number of aromatic nitrogens is 3. The fraction of sp³-hybridized carbons (Fsp3) is 0.0909. The van der Waals surface area contributed by atoms with Crippen LogP contribution in [0.15, 0.2) is 84.4 Å². The maximum Gasteiger partial charge on any atom is 0.197 e. The number of thiophene rings is 1. The number of hydrogen-bond acceptors (Lipinski definition) is 5. The number of fused-ring (bicyclic) bond motifs is 3. The first-order valence-corrected chi connectivity index (χ1v) is 13.8. The lowest BCUT2D eigenvalue weighted by atomic mass is 9.99. The molecule has 0 radical (unpaired) electrons. The van der Waals surface area contributed by atoms with Crippen molar-refractivity contribution in [2.75, 3.05) is 0 Å². The second kappa shape index (κ2) is 9.01. The molecule has 0 amide bonds. The van der Waals surface area contributed by atoms with Gasteiger partial charge in [-0.25, -0.2) is 4.98 Å². The van der Waals surface area contributed by atoms with Crippen LogP contribution >= 0.6 is 11.3 Å². The molecule has 0 bridgehead atoms. The van der Waals surface area contributed by atoms with Crippen molar-refractivity contribution in [2.24, 2.45) is 7.05 Å². The molecule has 7 heteroatoms. The Morgan fingerprint density at radius 3 is 2.40 bits per heavy atom. The van der Waals surface area contributed by atoms with Crippen molar-refractivity contribution in [2.45, 2.75) is 13.3 Å². The van der Waals surface area contributed by atoms with E-state index < -0.39 is 0 Å². The lowest BCUT2D eigenvalue weighted by molar-refractivity contribution is 0.0990. The van der Waals surface area contributed by atoms with E-state index in [4.69, 9.17) is 4.98 Å². The Morgan fingerprint density at radius 1 is 0.950 bits per heavy atom. The topological polar surface area (TPSA) is 80.7 Å². The first kappa shape index (κ1) is 24.0. The predicted molar refractivity (Wildman–Crippen MR) is 158 cm³/mol. The van der Waals surface area contributed by atoms with Crippen molar-refractivity contribution in [3.8, 4) is 22.5 Å². The van der Waals surface area contributed by atoms with Gasteiger partial charge in [0.2, 0.25) is 0 Å². The molecule has 3 aromatic carbocycles. The smallest absolute Gasteiger partial charge is 0.197 e. The van der Waals surface area contributed by atoms with Crippen molar-refractivity contribution in [3.63, 3.8) is 0 Å². The van der Waals surface area contributed by atoms with E-state index in [0.29, 0.717) is 23.2 Å². The largest absolute Gasteiger partial charge is 0.325 e. The first-order valence-electron chi connectivity index (χ1n) is 13.0. The van der Waals surface area contributed by atoms with Gasteiger partial charge in [0.15, 0.2) is 23.0 Å². The number of nitriles is 1. The molecule has 192 valence electrons. The molecule has 40 heavy (non-hydrogen) atoms. The average Bonchev–Trinajstić information content (AvgIpc) is 3.71. The molecule has 1 aliphatic rings. The minimum absolute atomic E-state index is 0.0943. The summed E-state index contributed by atoms with van der Waals surface area (Å²) in [5.41, 5.74) is 5.12. The molecule has 0 atom stereocenters. The third-order valence-corrected chi connectivity index (χ3v) is 8.66. The highest BCUT2D eigenvalue weighted by atomic mass is 32.1. The standard InChI is InChI=1S/C33H22N4O2S/c1-3-19-13-24-25(14-21(19)18-34)31(39)26(30(24)38)16-23-17-27-32(37(23)22-10-5-4-6-11-22)35-33(36(27)2)29-15-20-9-7-8-12-28(20)40-29/h4-17H,3H2,1-2H3/b26-16-. The van der Waals surface area contributed by atoms with Crippen LogP contribution < -0.4 is 0 Å². The average molecular weight is 539 g/mol.